The Labute approximate surface area is 357 Å². The van der Waals surface area contributed by atoms with Crippen molar-refractivity contribution in [3.05, 3.63) is 88.6 Å². The van der Waals surface area contributed by atoms with Crippen LogP contribution in [0.1, 0.15) is 126 Å². The minimum Gasteiger partial charge on any atom is -0.402 e. The van der Waals surface area contributed by atoms with Crippen molar-refractivity contribution in [3.63, 3.8) is 0 Å². The molecule has 0 radical (unpaired) electrons. The van der Waals surface area contributed by atoms with Crippen molar-refractivity contribution in [1.29, 1.82) is 10.5 Å². The molecule has 0 aliphatic carbocycles. The molecule has 0 saturated carbocycles. The topological polar surface area (TPSA) is 176 Å². The number of nitriles is 2. The van der Waals surface area contributed by atoms with Gasteiger partial charge in [-0.25, -0.2) is 18.5 Å². The van der Waals surface area contributed by atoms with Crippen LogP contribution in [0, 0.1) is 28.5 Å². The van der Waals surface area contributed by atoms with Gasteiger partial charge in [-0.2, -0.15) is 15.6 Å². The van der Waals surface area contributed by atoms with Gasteiger partial charge >= 0.3 is 7.82 Å². The van der Waals surface area contributed by atoms with Crippen molar-refractivity contribution in [2.45, 2.75) is 128 Å². The zero-order valence-electron chi connectivity index (χ0n) is 34.4. The van der Waals surface area contributed by atoms with Gasteiger partial charge in [0.05, 0.1) is 42.2 Å². The number of phosphoric ester groups is 1. The number of ether oxygens (including phenoxy) is 3. The minimum atomic E-state index is -4.54. The van der Waals surface area contributed by atoms with E-state index < -0.39 is 38.1 Å². The number of nitrogen functional groups attached to an aromatic ring is 1. The van der Waals surface area contributed by atoms with E-state index in [-0.39, 0.29) is 42.6 Å². The summed E-state index contributed by atoms with van der Waals surface area (Å²) in [6.45, 7) is 1.88. The molecule has 4 aromatic rings. The Morgan fingerprint density at radius 1 is 0.983 bits per heavy atom. The first-order valence-corrected chi connectivity index (χ1v) is 22.9. The number of nitrogens with two attached hydrogens (primary N) is 1. The van der Waals surface area contributed by atoms with Gasteiger partial charge in [0.1, 0.15) is 48.3 Å². The number of para-hydroxylation sites is 1. The average molecular weight is 867 g/mol. The second-order valence-corrected chi connectivity index (χ2v) is 17.2. The highest BCUT2D eigenvalue weighted by molar-refractivity contribution is 7.49. The molecule has 2 aromatic heterocycles. The highest BCUT2D eigenvalue weighted by Gasteiger charge is 2.45. The van der Waals surface area contributed by atoms with Gasteiger partial charge in [-0.1, -0.05) is 108 Å². The number of anilines is 1. The van der Waals surface area contributed by atoms with E-state index in [1.54, 1.807) is 34.8 Å². The zero-order chi connectivity index (χ0) is 42.6. The normalized spacial score (nSPS) is 17.9. The van der Waals surface area contributed by atoms with E-state index in [4.69, 9.17) is 45.1 Å². The Morgan fingerprint density at radius 2 is 1.70 bits per heavy atom. The van der Waals surface area contributed by atoms with Gasteiger partial charge in [0.25, 0.3) is 0 Å². The molecule has 324 valence electrons. The third-order valence-corrected chi connectivity index (χ3v) is 12.1. The SMILES string of the molecule is CCCCCCCCCCCCCCCOCC(COP(=O)(OCC1(C#N)CCC(c2ccc3c(N)ncnn23)O1)Oc1ccccc1Cl)OCc1cc(F)cc(C#N)c1. The molecule has 60 heavy (non-hydrogen) atoms. The fourth-order valence-electron chi connectivity index (χ4n) is 7.08. The third kappa shape index (κ3) is 14.5. The lowest BCUT2D eigenvalue weighted by Crippen LogP contribution is -2.33. The number of unbranched alkanes of at least 4 members (excludes halogenated alkanes) is 12. The van der Waals surface area contributed by atoms with Crippen LogP contribution >= 0.6 is 19.4 Å². The molecular weight excluding hydrogens is 810 g/mol. The van der Waals surface area contributed by atoms with E-state index in [2.05, 4.69) is 23.1 Å². The number of phosphoric acid groups is 1. The summed E-state index contributed by atoms with van der Waals surface area (Å²) >= 11 is 6.39. The molecule has 4 unspecified atom stereocenters. The van der Waals surface area contributed by atoms with Crippen LogP contribution in [0.3, 0.4) is 0 Å². The number of benzene rings is 2. The lowest BCUT2D eigenvalue weighted by molar-refractivity contribution is -0.0582. The van der Waals surface area contributed by atoms with Crippen LogP contribution in [0.2, 0.25) is 5.02 Å². The van der Waals surface area contributed by atoms with Gasteiger partial charge < -0.3 is 24.5 Å². The molecule has 0 spiro atoms. The smallest absolute Gasteiger partial charge is 0.402 e. The first-order chi connectivity index (χ1) is 29.2. The van der Waals surface area contributed by atoms with E-state index in [1.807, 2.05) is 6.07 Å². The van der Waals surface area contributed by atoms with Crippen molar-refractivity contribution >= 4 is 30.8 Å². The van der Waals surface area contributed by atoms with Gasteiger partial charge in [-0.3, -0.25) is 9.05 Å². The van der Waals surface area contributed by atoms with Crippen LogP contribution in [0.15, 0.2) is 60.9 Å². The lowest BCUT2D eigenvalue weighted by atomic mass is 10.0. The van der Waals surface area contributed by atoms with Gasteiger partial charge in [0, 0.05) is 6.61 Å². The molecule has 2 N–H and O–H groups in total. The fourth-order valence-corrected chi connectivity index (χ4v) is 8.60. The summed E-state index contributed by atoms with van der Waals surface area (Å²) in [4.78, 5) is 4.03. The highest BCUT2D eigenvalue weighted by Crippen LogP contribution is 2.53. The molecule has 1 aliphatic rings. The number of hydrogen-bond acceptors (Lipinski definition) is 12. The number of aromatic nitrogens is 3. The molecule has 3 heterocycles. The number of hydrogen-bond donors (Lipinski definition) is 1. The lowest BCUT2D eigenvalue weighted by Gasteiger charge is -2.26. The van der Waals surface area contributed by atoms with Crippen LogP contribution in [0.5, 0.6) is 5.75 Å². The van der Waals surface area contributed by atoms with Crippen molar-refractivity contribution in [3.8, 4) is 17.9 Å². The van der Waals surface area contributed by atoms with E-state index >= 15 is 0 Å². The quantitative estimate of drug-likeness (QED) is 0.0423. The summed E-state index contributed by atoms with van der Waals surface area (Å²) in [7, 11) is -4.54. The maximum atomic E-state index is 14.5. The molecule has 0 amide bonds. The molecule has 1 saturated heterocycles. The van der Waals surface area contributed by atoms with Gasteiger partial charge in [0.2, 0.25) is 0 Å². The van der Waals surface area contributed by atoms with Crippen LogP contribution in [-0.2, 0) is 34.4 Å². The average Bonchev–Trinajstić information content (AvgIpc) is 3.89. The number of nitrogens with zero attached hydrogens (tertiary/aromatic N) is 5. The molecule has 1 aliphatic heterocycles. The predicted molar refractivity (Wildman–Crippen MR) is 227 cm³/mol. The van der Waals surface area contributed by atoms with Crippen molar-refractivity contribution in [2.24, 2.45) is 0 Å². The van der Waals surface area contributed by atoms with E-state index in [1.165, 1.54) is 88.7 Å². The highest BCUT2D eigenvalue weighted by atomic mass is 35.5. The number of fused-ring (bicyclic) bond motifs is 1. The summed E-state index contributed by atoms with van der Waals surface area (Å²) in [5, 5.41) is 24.2. The van der Waals surface area contributed by atoms with Crippen LogP contribution in [0.4, 0.5) is 10.2 Å². The summed E-state index contributed by atoms with van der Waals surface area (Å²) in [6, 6.07) is 18.1. The second-order valence-electron chi connectivity index (χ2n) is 15.2. The first-order valence-electron chi connectivity index (χ1n) is 21.1. The molecule has 1 fully saturated rings. The Kier molecular flexibility index (Phi) is 19.1. The Bertz CT molecular complexity index is 2080. The molecule has 2 aromatic carbocycles. The maximum absolute atomic E-state index is 14.5. The van der Waals surface area contributed by atoms with E-state index in [0.717, 1.165) is 25.3 Å². The van der Waals surface area contributed by atoms with Crippen molar-refractivity contribution in [1.82, 2.24) is 14.6 Å². The van der Waals surface area contributed by atoms with Crippen LogP contribution in [-0.4, -0.2) is 52.7 Å². The monoisotopic (exact) mass is 866 g/mol. The van der Waals surface area contributed by atoms with Gasteiger partial charge in [-0.15, -0.1) is 0 Å². The van der Waals surface area contributed by atoms with E-state index in [9.17, 15) is 19.5 Å². The third-order valence-electron chi connectivity index (χ3n) is 10.4. The van der Waals surface area contributed by atoms with Crippen molar-refractivity contribution < 1.29 is 36.7 Å². The molecule has 13 nitrogen and oxygen atoms in total. The summed E-state index contributed by atoms with van der Waals surface area (Å²) in [6.07, 6.45) is 16.7. The minimum absolute atomic E-state index is 0.0376. The number of halogens is 2. The summed E-state index contributed by atoms with van der Waals surface area (Å²) in [5.74, 6) is -0.236. The van der Waals surface area contributed by atoms with Crippen LogP contribution < -0.4 is 10.3 Å². The number of rotatable bonds is 28. The predicted octanol–water partition coefficient (Wildman–Crippen LogP) is 11.0. The Balaban J connectivity index is 1.19. The largest absolute Gasteiger partial charge is 0.530 e. The Hall–Kier alpha value is -4.11. The standard InChI is InChI=1S/C44H57ClFN6O7P/c1-2-3-4-5-6-7-8-9-10-11-12-13-16-23-54-29-37(55-28-35-24-34(27-47)25-36(46)26-35)30-56-60(53,59-41-18-15-14-17-38(41)45)57-32-44(31-48)22-21-42(58-44)39-19-20-40-43(49)50-33-51-52(39)40/h14-15,17-20,24-26,33,37,42H,2-13,16,21-23,28-30,32H2,1H3,(H2,49,50,51). The summed E-state index contributed by atoms with van der Waals surface area (Å²) in [5.41, 5.74) is 6.35. The van der Waals surface area contributed by atoms with E-state index in [0.29, 0.717) is 35.6 Å². The Morgan fingerprint density at radius 3 is 2.40 bits per heavy atom. The zero-order valence-corrected chi connectivity index (χ0v) is 36.1. The first kappa shape index (κ1) is 46.9. The van der Waals surface area contributed by atoms with Crippen molar-refractivity contribution in [2.75, 3.05) is 32.2 Å². The van der Waals surface area contributed by atoms with Gasteiger partial charge in [-0.05, 0) is 67.3 Å². The van der Waals surface area contributed by atoms with Crippen LogP contribution in [0.25, 0.3) is 5.52 Å². The molecule has 5 rings (SSSR count). The second kappa shape index (κ2) is 24.4. The fraction of sp³-hybridized carbons (Fsp3) is 0.545. The molecular formula is C44H57ClFN6O7P. The molecule has 0 bridgehead atoms. The molecule has 16 heteroatoms. The van der Waals surface area contributed by atoms with Gasteiger partial charge in [0.15, 0.2) is 11.4 Å². The summed E-state index contributed by atoms with van der Waals surface area (Å²) < 4.78 is 66.4. The molecule has 4 atom stereocenters. The maximum Gasteiger partial charge on any atom is 0.530 e.